The van der Waals surface area contributed by atoms with E-state index >= 15 is 0 Å². The number of fused-ring (bicyclic) bond motifs is 1. The minimum absolute atomic E-state index is 0.140. The molecule has 0 bridgehead atoms. The monoisotopic (exact) mass is 570 g/mol. The summed E-state index contributed by atoms with van der Waals surface area (Å²) in [6.45, 7) is 0.257. The molecule has 1 unspecified atom stereocenters. The summed E-state index contributed by atoms with van der Waals surface area (Å²) >= 11 is 1.21. The number of β-lactam (4-membered cyclic amide) rings is 1. The number of hydrogen-bond donors (Lipinski definition) is 6. The number of rotatable bonds is 12. The van der Waals surface area contributed by atoms with Crippen molar-refractivity contribution in [3.8, 4) is 0 Å². The van der Waals surface area contributed by atoms with Crippen molar-refractivity contribution in [1.82, 2.24) is 10.2 Å². The number of ether oxygens (including phenoxy) is 1. The van der Waals surface area contributed by atoms with E-state index in [2.05, 4.69) is 20.0 Å². The van der Waals surface area contributed by atoms with Gasteiger partial charge in [-0.3, -0.25) is 19.3 Å². The van der Waals surface area contributed by atoms with Gasteiger partial charge in [0.2, 0.25) is 5.71 Å². The molecule has 2 aliphatic rings. The third kappa shape index (κ3) is 8.20. The van der Waals surface area contributed by atoms with Crippen molar-refractivity contribution in [3.05, 3.63) is 35.4 Å². The van der Waals surface area contributed by atoms with Crippen molar-refractivity contribution in [2.75, 3.05) is 26.0 Å². The summed E-state index contributed by atoms with van der Waals surface area (Å²) in [6, 6.07) is 1.36. The number of furan rings is 1. The van der Waals surface area contributed by atoms with Gasteiger partial charge in [0.05, 0.1) is 6.26 Å². The molecular formula is C22H30N6O10S. The van der Waals surface area contributed by atoms with E-state index in [0.29, 0.717) is 13.0 Å². The lowest BCUT2D eigenvalue weighted by molar-refractivity contribution is -0.150. The number of carbonyl (C=O) groups excluding carboxylic acids is 3. The number of nitrogens with one attached hydrogen (secondary N) is 1. The highest BCUT2D eigenvalue weighted by Gasteiger charge is 2.54. The Hall–Kier alpha value is -4.09. The average Bonchev–Trinajstić information content (AvgIpc) is 3.43. The Bertz CT molecular complexity index is 1120. The number of hydrogen-bond acceptors (Lipinski definition) is 12. The summed E-state index contributed by atoms with van der Waals surface area (Å²) < 4.78 is 9.79. The zero-order chi connectivity index (χ0) is 29.1. The zero-order valence-corrected chi connectivity index (χ0v) is 21.7. The molecule has 3 amide bonds. The zero-order valence-electron chi connectivity index (χ0n) is 20.9. The number of nitrogens with zero attached hydrogens (tertiary/aromatic N) is 2. The van der Waals surface area contributed by atoms with E-state index in [0.717, 1.165) is 17.7 Å². The second-order valence-corrected chi connectivity index (χ2v) is 9.16. The maximum Gasteiger partial charge on any atom is 0.404 e. The molecule has 1 aromatic heterocycles. The second kappa shape index (κ2) is 14.7. The molecule has 17 heteroatoms. The molecule has 1 saturated heterocycles. The standard InChI is InChI=1S/C16H16N4O8S.C6H14N2O2/c1-26-19-9(8-3-2-4-27-8)12(21)18-10-13(22)20-11(15(23)24)7(5-28-16(17)25)6-29-14(10)20;7-4-2-1-3-5(8)6(9)10/h2-4,10,14H,5-6H2,1H3,(H2,17,25)(H,18,21)(H,23,24);5H,1-4,7-8H2,(H,9,10)/b19-9+;/t10-,14-;/m1./s1. The van der Waals surface area contributed by atoms with Crippen LogP contribution in [0.15, 0.2) is 39.2 Å². The predicted octanol–water partition coefficient (Wildman–Crippen LogP) is -1.01. The Morgan fingerprint density at radius 1 is 1.31 bits per heavy atom. The van der Waals surface area contributed by atoms with Gasteiger partial charge >= 0.3 is 18.0 Å². The summed E-state index contributed by atoms with van der Waals surface area (Å²) in [6.07, 6.45) is 2.45. The number of aliphatic carboxylic acids is 2. The topological polar surface area (TPSA) is 263 Å². The highest BCUT2D eigenvalue weighted by molar-refractivity contribution is 8.00. The van der Waals surface area contributed by atoms with Gasteiger partial charge in [0, 0.05) is 11.3 Å². The number of unbranched alkanes of at least 4 members (excludes halogenated alkanes) is 1. The first-order chi connectivity index (χ1) is 18.5. The normalized spacial score (nSPS) is 19.1. The molecule has 0 saturated carbocycles. The Kier molecular flexibility index (Phi) is 11.8. The van der Waals surface area contributed by atoms with Crippen molar-refractivity contribution in [1.29, 1.82) is 0 Å². The van der Waals surface area contributed by atoms with Crippen LogP contribution in [-0.2, 0) is 28.8 Å². The van der Waals surface area contributed by atoms with Crippen LogP contribution in [0.1, 0.15) is 25.0 Å². The smallest absolute Gasteiger partial charge is 0.404 e. The molecule has 9 N–H and O–H groups in total. The molecule has 16 nitrogen and oxygen atoms in total. The van der Waals surface area contributed by atoms with Gasteiger partial charge in [0.1, 0.15) is 36.9 Å². The number of primary amides is 1. The number of oxime groups is 1. The predicted molar refractivity (Wildman–Crippen MR) is 136 cm³/mol. The maximum absolute atomic E-state index is 12.6. The summed E-state index contributed by atoms with van der Waals surface area (Å²) in [5.74, 6) is -3.32. The van der Waals surface area contributed by atoms with Crippen molar-refractivity contribution in [2.24, 2.45) is 22.4 Å². The van der Waals surface area contributed by atoms with E-state index in [1.807, 2.05) is 0 Å². The third-order valence-electron chi connectivity index (χ3n) is 5.36. The molecule has 0 spiro atoms. The van der Waals surface area contributed by atoms with Crippen molar-refractivity contribution in [3.63, 3.8) is 0 Å². The number of nitrogens with two attached hydrogens (primary N) is 3. The van der Waals surface area contributed by atoms with E-state index in [4.69, 9.17) is 26.7 Å². The van der Waals surface area contributed by atoms with Crippen LogP contribution in [0.5, 0.6) is 0 Å². The molecule has 0 radical (unpaired) electrons. The number of thioether (sulfide) groups is 1. The second-order valence-electron chi connectivity index (χ2n) is 8.05. The van der Waals surface area contributed by atoms with Gasteiger partial charge in [-0.25, -0.2) is 9.59 Å². The lowest BCUT2D eigenvalue weighted by Gasteiger charge is -2.49. The fraction of sp³-hybridized carbons (Fsp3) is 0.455. The average molecular weight is 571 g/mol. The van der Waals surface area contributed by atoms with Crippen LogP contribution in [-0.4, -0.2) is 94.1 Å². The van der Waals surface area contributed by atoms with Crippen LogP contribution >= 0.6 is 11.8 Å². The molecule has 0 aliphatic carbocycles. The maximum atomic E-state index is 12.6. The molecule has 3 rings (SSSR count). The van der Waals surface area contributed by atoms with E-state index in [1.165, 1.54) is 31.2 Å². The summed E-state index contributed by atoms with van der Waals surface area (Å²) in [4.78, 5) is 63.4. The largest absolute Gasteiger partial charge is 0.480 e. The van der Waals surface area contributed by atoms with Gasteiger partial charge in [0.15, 0.2) is 5.76 Å². The summed E-state index contributed by atoms with van der Waals surface area (Å²) in [5, 5.41) is 23.3. The van der Waals surface area contributed by atoms with Crippen molar-refractivity contribution < 1.29 is 48.2 Å². The molecular weight excluding hydrogens is 540 g/mol. The first-order valence-corrected chi connectivity index (χ1v) is 12.5. The molecule has 3 atom stereocenters. The quantitative estimate of drug-likeness (QED) is 0.0762. The van der Waals surface area contributed by atoms with Crippen LogP contribution in [0.4, 0.5) is 4.79 Å². The minimum atomic E-state index is -1.35. The first kappa shape index (κ1) is 31.1. The minimum Gasteiger partial charge on any atom is -0.480 e. The lowest BCUT2D eigenvalue weighted by atomic mass is 10.0. The first-order valence-electron chi connectivity index (χ1n) is 11.5. The van der Waals surface area contributed by atoms with Gasteiger partial charge in [-0.15, -0.1) is 11.8 Å². The van der Waals surface area contributed by atoms with Gasteiger partial charge < -0.3 is 46.7 Å². The molecule has 1 aromatic rings. The van der Waals surface area contributed by atoms with E-state index in [-0.39, 0.29) is 35.1 Å². The van der Waals surface area contributed by atoms with Crippen LogP contribution in [0.2, 0.25) is 0 Å². The van der Waals surface area contributed by atoms with Crippen LogP contribution in [0.25, 0.3) is 0 Å². The van der Waals surface area contributed by atoms with Gasteiger partial charge in [-0.05, 0) is 31.5 Å². The van der Waals surface area contributed by atoms with E-state index in [1.54, 1.807) is 6.07 Å². The SMILES string of the molecule is CO/N=C(/C(=O)N[C@@H]1C(=O)N2C(C(=O)O)=C(COC(N)=O)CS[C@H]12)c1ccco1.NCCCCC(N)C(=O)O. The Morgan fingerprint density at radius 2 is 2.03 bits per heavy atom. The van der Waals surface area contributed by atoms with Gasteiger partial charge in [-0.2, -0.15) is 0 Å². The number of carboxylic acid groups (broad SMARTS) is 2. The van der Waals surface area contributed by atoms with Crippen molar-refractivity contribution >= 4 is 47.3 Å². The Balaban J connectivity index is 0.000000455. The fourth-order valence-corrected chi connectivity index (χ4v) is 4.82. The number of amides is 3. The fourth-order valence-electron chi connectivity index (χ4n) is 3.50. The van der Waals surface area contributed by atoms with Crippen LogP contribution < -0.4 is 22.5 Å². The molecule has 1 fully saturated rings. The Morgan fingerprint density at radius 3 is 2.56 bits per heavy atom. The lowest BCUT2D eigenvalue weighted by Crippen LogP contribution is -2.71. The molecule has 2 aliphatic heterocycles. The highest BCUT2D eigenvalue weighted by Crippen LogP contribution is 2.40. The number of carboxylic acids is 2. The highest BCUT2D eigenvalue weighted by atomic mass is 32.2. The van der Waals surface area contributed by atoms with E-state index in [9.17, 15) is 29.1 Å². The summed E-state index contributed by atoms with van der Waals surface area (Å²) in [7, 11) is 1.25. The van der Waals surface area contributed by atoms with Crippen LogP contribution in [0.3, 0.4) is 0 Å². The van der Waals surface area contributed by atoms with Gasteiger partial charge in [-0.1, -0.05) is 11.6 Å². The molecule has 3 heterocycles. The number of carbonyl (C=O) groups is 5. The summed E-state index contributed by atoms with van der Waals surface area (Å²) in [5.41, 5.74) is 15.1. The van der Waals surface area contributed by atoms with E-state index < -0.39 is 47.3 Å². The van der Waals surface area contributed by atoms with Crippen molar-refractivity contribution in [2.45, 2.75) is 36.7 Å². The Labute approximate surface area is 226 Å². The molecule has 0 aromatic carbocycles. The van der Waals surface area contributed by atoms with Gasteiger partial charge in [0.25, 0.3) is 11.8 Å². The van der Waals surface area contributed by atoms with Crippen LogP contribution in [0, 0.1) is 0 Å². The molecule has 39 heavy (non-hydrogen) atoms. The molecule has 214 valence electrons. The third-order valence-corrected chi connectivity index (χ3v) is 6.70.